The number of hydrogen-bond donors (Lipinski definition) is 1. The summed E-state index contributed by atoms with van der Waals surface area (Å²) in [6.45, 7) is 0.576. The molecule has 0 saturated heterocycles. The van der Waals surface area contributed by atoms with Gasteiger partial charge in [-0.2, -0.15) is 0 Å². The third-order valence-corrected chi connectivity index (χ3v) is 3.92. The fourth-order valence-corrected chi connectivity index (χ4v) is 2.69. The lowest BCUT2D eigenvalue weighted by atomic mass is 10.0. The van der Waals surface area contributed by atoms with Gasteiger partial charge in [-0.3, -0.25) is 4.98 Å². The smallest absolute Gasteiger partial charge is 0.0797 e. The number of hydrogen-bond acceptors (Lipinski definition) is 3. The van der Waals surface area contributed by atoms with Crippen LogP contribution < -0.4 is 5.73 Å². The van der Waals surface area contributed by atoms with Crippen molar-refractivity contribution in [2.75, 3.05) is 0 Å². The van der Waals surface area contributed by atoms with Crippen LogP contribution in [-0.4, -0.2) is 4.98 Å². The van der Waals surface area contributed by atoms with Crippen molar-refractivity contribution >= 4 is 11.3 Å². The van der Waals surface area contributed by atoms with Crippen molar-refractivity contribution in [3.63, 3.8) is 0 Å². The Balaban J connectivity index is 1.94. The minimum absolute atomic E-state index is 0.576. The van der Waals surface area contributed by atoms with Gasteiger partial charge in [0.25, 0.3) is 0 Å². The van der Waals surface area contributed by atoms with Crippen molar-refractivity contribution < 1.29 is 0 Å². The van der Waals surface area contributed by atoms with Gasteiger partial charge in [-0.15, -0.1) is 11.3 Å². The van der Waals surface area contributed by atoms with E-state index in [2.05, 4.69) is 53.5 Å². The second-order valence-corrected chi connectivity index (χ2v) is 5.23. The van der Waals surface area contributed by atoms with Crippen molar-refractivity contribution in [2.45, 2.75) is 6.54 Å². The molecule has 3 rings (SSSR count). The van der Waals surface area contributed by atoms with Gasteiger partial charge in [-0.05, 0) is 28.3 Å². The van der Waals surface area contributed by atoms with Crippen LogP contribution in [0.3, 0.4) is 0 Å². The van der Waals surface area contributed by atoms with E-state index in [1.54, 1.807) is 11.3 Å². The molecule has 0 saturated carbocycles. The molecular formula is C16H14N2S. The molecule has 1 aromatic heterocycles. The molecule has 0 unspecified atom stereocenters. The third kappa shape index (κ3) is 2.57. The first-order chi connectivity index (χ1) is 9.36. The van der Waals surface area contributed by atoms with Gasteiger partial charge in [0.05, 0.1) is 10.4 Å². The number of thiazole rings is 1. The second-order valence-electron chi connectivity index (χ2n) is 4.35. The second kappa shape index (κ2) is 5.34. The molecule has 0 bridgehead atoms. The zero-order chi connectivity index (χ0) is 13.1. The summed E-state index contributed by atoms with van der Waals surface area (Å²) in [6.07, 6.45) is 1.90. The molecule has 0 aliphatic rings. The fourth-order valence-electron chi connectivity index (χ4n) is 2.06. The number of nitrogens with two attached hydrogens (primary N) is 1. The van der Waals surface area contributed by atoms with Crippen LogP contribution >= 0.6 is 11.3 Å². The maximum Gasteiger partial charge on any atom is 0.0797 e. The molecule has 0 amide bonds. The predicted molar refractivity (Wildman–Crippen MR) is 80.9 cm³/mol. The highest BCUT2D eigenvalue weighted by molar-refractivity contribution is 7.13. The van der Waals surface area contributed by atoms with Gasteiger partial charge in [0.1, 0.15) is 0 Å². The number of nitrogens with zero attached hydrogens (tertiary/aromatic N) is 1. The van der Waals surface area contributed by atoms with Gasteiger partial charge in [0, 0.05) is 12.7 Å². The van der Waals surface area contributed by atoms with Crippen LogP contribution in [0.15, 0.2) is 60.2 Å². The molecule has 2 nitrogen and oxygen atoms in total. The Bertz CT molecular complexity index is 657. The molecule has 0 spiro atoms. The Kier molecular flexibility index (Phi) is 3.40. The van der Waals surface area contributed by atoms with E-state index in [1.165, 1.54) is 21.6 Å². The van der Waals surface area contributed by atoms with Crippen molar-refractivity contribution in [2.24, 2.45) is 5.73 Å². The standard InChI is InChI=1S/C16H14N2S/c17-9-12-2-1-3-15(8-12)13-4-6-14(7-5-13)16-10-18-11-19-16/h1-8,10-11H,9,17H2. The van der Waals surface area contributed by atoms with E-state index in [-0.39, 0.29) is 0 Å². The molecule has 2 aromatic carbocycles. The van der Waals surface area contributed by atoms with E-state index in [1.807, 2.05) is 11.7 Å². The molecule has 3 heteroatoms. The van der Waals surface area contributed by atoms with E-state index >= 15 is 0 Å². The van der Waals surface area contributed by atoms with E-state index < -0.39 is 0 Å². The minimum atomic E-state index is 0.576. The summed E-state index contributed by atoms with van der Waals surface area (Å²) in [5.41, 5.74) is 12.3. The topological polar surface area (TPSA) is 38.9 Å². The zero-order valence-electron chi connectivity index (χ0n) is 10.4. The number of benzene rings is 2. The summed E-state index contributed by atoms with van der Waals surface area (Å²) in [4.78, 5) is 5.30. The number of aromatic nitrogens is 1. The van der Waals surface area contributed by atoms with Crippen LogP contribution in [0.4, 0.5) is 0 Å². The first-order valence-corrected chi connectivity index (χ1v) is 7.03. The van der Waals surface area contributed by atoms with Gasteiger partial charge in [-0.1, -0.05) is 42.5 Å². The molecule has 1 heterocycles. The van der Waals surface area contributed by atoms with Gasteiger partial charge in [-0.25, -0.2) is 0 Å². The average Bonchev–Trinajstić information content (AvgIpc) is 3.02. The predicted octanol–water partition coefficient (Wildman–Crippen LogP) is 3.94. The van der Waals surface area contributed by atoms with Crippen LogP contribution in [0.5, 0.6) is 0 Å². The Morgan fingerprint density at radius 3 is 2.42 bits per heavy atom. The lowest BCUT2D eigenvalue weighted by molar-refractivity contribution is 1.07. The highest BCUT2D eigenvalue weighted by Crippen LogP contribution is 2.27. The average molecular weight is 266 g/mol. The normalized spacial score (nSPS) is 10.6. The lowest BCUT2D eigenvalue weighted by Crippen LogP contribution is -1.95. The molecule has 3 aromatic rings. The number of rotatable bonds is 3. The van der Waals surface area contributed by atoms with Crippen LogP contribution in [0.25, 0.3) is 21.6 Å². The summed E-state index contributed by atoms with van der Waals surface area (Å²) in [7, 11) is 0. The van der Waals surface area contributed by atoms with Crippen LogP contribution in [0, 0.1) is 0 Å². The molecule has 0 aliphatic heterocycles. The van der Waals surface area contributed by atoms with Crippen molar-refractivity contribution in [1.29, 1.82) is 0 Å². The largest absolute Gasteiger partial charge is 0.326 e. The molecule has 2 N–H and O–H groups in total. The van der Waals surface area contributed by atoms with Crippen LogP contribution in [-0.2, 0) is 6.54 Å². The Morgan fingerprint density at radius 1 is 0.947 bits per heavy atom. The quantitative estimate of drug-likeness (QED) is 0.780. The maximum absolute atomic E-state index is 5.68. The summed E-state index contributed by atoms with van der Waals surface area (Å²) in [5, 5.41) is 0. The van der Waals surface area contributed by atoms with Crippen LogP contribution in [0.1, 0.15) is 5.56 Å². The van der Waals surface area contributed by atoms with E-state index in [4.69, 9.17) is 5.73 Å². The molecular weight excluding hydrogens is 252 g/mol. The first-order valence-electron chi connectivity index (χ1n) is 6.15. The molecule has 0 fully saturated rings. The highest BCUT2D eigenvalue weighted by Gasteiger charge is 2.02. The summed E-state index contributed by atoms with van der Waals surface area (Å²) >= 11 is 1.66. The monoisotopic (exact) mass is 266 g/mol. The summed E-state index contributed by atoms with van der Waals surface area (Å²) in [6, 6.07) is 16.9. The fraction of sp³-hybridized carbons (Fsp3) is 0.0625. The van der Waals surface area contributed by atoms with Gasteiger partial charge >= 0.3 is 0 Å². The highest BCUT2D eigenvalue weighted by atomic mass is 32.1. The minimum Gasteiger partial charge on any atom is -0.326 e. The Morgan fingerprint density at radius 2 is 1.74 bits per heavy atom. The zero-order valence-corrected chi connectivity index (χ0v) is 11.2. The third-order valence-electron chi connectivity index (χ3n) is 3.10. The summed E-state index contributed by atoms with van der Waals surface area (Å²) in [5.74, 6) is 0. The van der Waals surface area contributed by atoms with E-state index in [9.17, 15) is 0 Å². The summed E-state index contributed by atoms with van der Waals surface area (Å²) < 4.78 is 0. The maximum atomic E-state index is 5.68. The molecule has 19 heavy (non-hydrogen) atoms. The van der Waals surface area contributed by atoms with Crippen LogP contribution in [0.2, 0.25) is 0 Å². The van der Waals surface area contributed by atoms with Crippen molar-refractivity contribution in [1.82, 2.24) is 4.98 Å². The van der Waals surface area contributed by atoms with Crippen molar-refractivity contribution in [3.05, 3.63) is 65.8 Å². The van der Waals surface area contributed by atoms with Gasteiger partial charge in [0.15, 0.2) is 0 Å². The van der Waals surface area contributed by atoms with Crippen molar-refractivity contribution in [3.8, 4) is 21.6 Å². The Hall–Kier alpha value is -1.97. The van der Waals surface area contributed by atoms with E-state index in [0.29, 0.717) is 6.54 Å². The van der Waals surface area contributed by atoms with Gasteiger partial charge in [0.2, 0.25) is 0 Å². The van der Waals surface area contributed by atoms with E-state index in [0.717, 1.165) is 5.56 Å². The molecule has 0 radical (unpaired) electrons. The molecule has 0 atom stereocenters. The lowest BCUT2D eigenvalue weighted by Gasteiger charge is -2.05. The molecule has 0 aliphatic carbocycles. The SMILES string of the molecule is NCc1cccc(-c2ccc(-c3cncs3)cc2)c1. The Labute approximate surface area is 116 Å². The van der Waals surface area contributed by atoms with Gasteiger partial charge < -0.3 is 5.73 Å². The molecule has 94 valence electrons. The first kappa shape index (κ1) is 12.1.